The number of nitrogens with two attached hydrogens (primary N) is 4. The van der Waals surface area contributed by atoms with Gasteiger partial charge in [0.25, 0.3) is 0 Å². The van der Waals surface area contributed by atoms with Gasteiger partial charge in [-0.2, -0.15) is 5.48 Å². The van der Waals surface area contributed by atoms with Crippen molar-refractivity contribution >= 4 is 0 Å². The summed E-state index contributed by atoms with van der Waals surface area (Å²) in [5.74, 6) is 9.85. The maximum atomic E-state index is 5.15. The molecular formula is C4H16N6O4. The van der Waals surface area contributed by atoms with Crippen LogP contribution in [0.15, 0.2) is 0 Å². The van der Waals surface area contributed by atoms with Crippen LogP contribution in [0.25, 0.3) is 0 Å². The molecule has 2 unspecified atom stereocenters. The van der Waals surface area contributed by atoms with Gasteiger partial charge in [0.1, 0.15) is 6.73 Å². The molecule has 0 aromatic carbocycles. The normalized spacial score (nSPS) is 15.9. The van der Waals surface area contributed by atoms with Gasteiger partial charge in [-0.15, -0.1) is 0 Å². The lowest BCUT2D eigenvalue weighted by atomic mass is 10.7. The van der Waals surface area contributed by atoms with Crippen molar-refractivity contribution in [2.24, 2.45) is 23.2 Å². The first kappa shape index (κ1) is 13.6. The van der Waals surface area contributed by atoms with Gasteiger partial charge < -0.3 is 5.73 Å². The molecular weight excluding hydrogens is 196 g/mol. The molecule has 0 rings (SSSR count). The number of nitrogens with one attached hydrogen (secondary N) is 1. The third-order valence-electron chi connectivity index (χ3n) is 0.948. The Labute approximate surface area is 80.7 Å². The fraction of sp³-hybridized carbons (Fsp3) is 1.00. The van der Waals surface area contributed by atoms with Gasteiger partial charge in [0.05, 0.1) is 0 Å². The van der Waals surface area contributed by atoms with Gasteiger partial charge in [-0.3, -0.25) is 15.4 Å². The molecule has 0 aliphatic heterocycles. The summed E-state index contributed by atoms with van der Waals surface area (Å²) in [6.45, 7) is 1.46. The van der Waals surface area contributed by atoms with Crippen LogP contribution in [0.1, 0.15) is 6.92 Å². The largest absolute Gasteiger partial charge is 0.307 e. The smallest absolute Gasteiger partial charge is 0.248 e. The van der Waals surface area contributed by atoms with Crippen molar-refractivity contribution in [2.45, 2.75) is 19.6 Å². The number of nitrogens with zero attached hydrogens (tertiary/aromatic N) is 1. The number of hydrazine groups is 1. The van der Waals surface area contributed by atoms with E-state index in [1.807, 2.05) is 0 Å². The van der Waals surface area contributed by atoms with E-state index in [2.05, 4.69) is 20.0 Å². The minimum absolute atomic E-state index is 0.116. The van der Waals surface area contributed by atoms with Gasteiger partial charge in [0.2, 0.25) is 6.41 Å². The molecule has 9 N–H and O–H groups in total. The van der Waals surface area contributed by atoms with Gasteiger partial charge in [-0.05, 0) is 6.92 Å². The fourth-order valence-electron chi connectivity index (χ4n) is 0.472. The maximum Gasteiger partial charge on any atom is 0.248 e. The molecule has 10 nitrogen and oxygen atoms in total. The standard InChI is InChI=1S/C4H16N6O4/c1-3(9-13-4(6)12-8)14-10(7)11-2-5/h3-4,9H,2,5-8H2,1H3. The molecule has 0 bridgehead atoms. The van der Waals surface area contributed by atoms with E-state index >= 15 is 0 Å². The first-order valence-electron chi connectivity index (χ1n) is 3.67. The van der Waals surface area contributed by atoms with Crippen molar-refractivity contribution < 1.29 is 19.4 Å². The molecule has 0 saturated heterocycles. The Kier molecular flexibility index (Phi) is 7.73. The van der Waals surface area contributed by atoms with Crippen LogP contribution < -0.4 is 28.7 Å². The van der Waals surface area contributed by atoms with Crippen LogP contribution in [0.4, 0.5) is 0 Å². The molecule has 0 aliphatic rings. The zero-order chi connectivity index (χ0) is 11.0. The highest BCUT2D eigenvalue weighted by molar-refractivity contribution is 4.31. The van der Waals surface area contributed by atoms with E-state index in [0.29, 0.717) is 5.34 Å². The van der Waals surface area contributed by atoms with Gasteiger partial charge >= 0.3 is 0 Å². The Morgan fingerprint density at radius 2 is 2.14 bits per heavy atom. The van der Waals surface area contributed by atoms with Crippen molar-refractivity contribution in [3.63, 3.8) is 0 Å². The third-order valence-corrected chi connectivity index (χ3v) is 0.948. The number of hydrogen-bond acceptors (Lipinski definition) is 10. The van der Waals surface area contributed by atoms with E-state index in [-0.39, 0.29) is 6.73 Å². The minimum Gasteiger partial charge on any atom is -0.307 e. The zero-order valence-corrected chi connectivity index (χ0v) is 7.75. The van der Waals surface area contributed by atoms with E-state index in [1.165, 1.54) is 0 Å². The van der Waals surface area contributed by atoms with E-state index in [0.717, 1.165) is 0 Å². The van der Waals surface area contributed by atoms with Crippen molar-refractivity contribution in [2.75, 3.05) is 6.73 Å². The second kappa shape index (κ2) is 7.95. The summed E-state index contributed by atoms with van der Waals surface area (Å²) < 4.78 is 0. The molecule has 0 spiro atoms. The summed E-state index contributed by atoms with van der Waals surface area (Å²) in [5.41, 5.74) is 12.5. The number of rotatable bonds is 8. The van der Waals surface area contributed by atoms with Crippen molar-refractivity contribution in [1.29, 1.82) is 0 Å². The average Bonchev–Trinajstić information content (AvgIpc) is 2.14. The van der Waals surface area contributed by atoms with Gasteiger partial charge in [0.15, 0.2) is 6.23 Å². The fourth-order valence-corrected chi connectivity index (χ4v) is 0.472. The SMILES string of the molecule is CC(NOC(N)ON)ON(N)OCN. The van der Waals surface area contributed by atoms with Gasteiger partial charge in [-0.1, -0.05) is 0 Å². The first-order chi connectivity index (χ1) is 6.60. The molecule has 14 heavy (non-hydrogen) atoms. The predicted octanol–water partition coefficient (Wildman–Crippen LogP) is -3.06. The summed E-state index contributed by atoms with van der Waals surface area (Å²) in [4.78, 5) is 18.0. The second-order valence-corrected chi connectivity index (χ2v) is 2.07. The molecule has 0 radical (unpaired) electrons. The molecule has 0 aliphatic carbocycles. The monoisotopic (exact) mass is 212 g/mol. The molecule has 0 fully saturated rings. The molecule has 0 amide bonds. The number of hydrogen-bond donors (Lipinski definition) is 5. The molecule has 86 valence electrons. The predicted molar refractivity (Wildman–Crippen MR) is 44.2 cm³/mol. The highest BCUT2D eigenvalue weighted by Gasteiger charge is 2.09. The highest BCUT2D eigenvalue weighted by atomic mass is 17.0. The summed E-state index contributed by atoms with van der Waals surface area (Å²) >= 11 is 0. The van der Waals surface area contributed by atoms with E-state index in [4.69, 9.17) is 28.0 Å². The van der Waals surface area contributed by atoms with Crippen LogP contribution in [0.2, 0.25) is 0 Å². The van der Waals surface area contributed by atoms with Crippen LogP contribution in [-0.2, 0) is 19.4 Å². The Balaban J connectivity index is 3.49. The lowest BCUT2D eigenvalue weighted by molar-refractivity contribution is -0.402. The molecule has 0 aromatic rings. The highest BCUT2D eigenvalue weighted by Crippen LogP contribution is 1.90. The van der Waals surface area contributed by atoms with Crippen LogP contribution in [0.5, 0.6) is 0 Å². The van der Waals surface area contributed by atoms with Crippen LogP contribution in [0, 0.1) is 0 Å². The quantitative estimate of drug-likeness (QED) is 0.159. The van der Waals surface area contributed by atoms with Crippen LogP contribution >= 0.6 is 0 Å². The zero-order valence-electron chi connectivity index (χ0n) is 7.75. The Morgan fingerprint density at radius 3 is 2.64 bits per heavy atom. The Bertz CT molecular complexity index is 139. The lowest BCUT2D eigenvalue weighted by Crippen LogP contribution is -2.45. The molecule has 2 atom stereocenters. The lowest BCUT2D eigenvalue weighted by Gasteiger charge is -2.20. The molecule has 0 heterocycles. The van der Waals surface area contributed by atoms with Crippen molar-refractivity contribution in [1.82, 2.24) is 10.8 Å². The van der Waals surface area contributed by atoms with Gasteiger partial charge in [-0.25, -0.2) is 21.4 Å². The van der Waals surface area contributed by atoms with Crippen molar-refractivity contribution in [3.8, 4) is 0 Å². The summed E-state index contributed by atoms with van der Waals surface area (Å²) in [7, 11) is 0. The summed E-state index contributed by atoms with van der Waals surface area (Å²) in [5, 5.41) is 0.579. The van der Waals surface area contributed by atoms with Crippen molar-refractivity contribution in [3.05, 3.63) is 0 Å². The van der Waals surface area contributed by atoms with Crippen LogP contribution in [-0.4, -0.2) is 24.7 Å². The maximum absolute atomic E-state index is 5.15. The molecule has 10 heteroatoms. The van der Waals surface area contributed by atoms with E-state index in [1.54, 1.807) is 6.92 Å². The number of hydroxylamine groups is 1. The second-order valence-electron chi connectivity index (χ2n) is 2.07. The third kappa shape index (κ3) is 7.05. The first-order valence-corrected chi connectivity index (χ1v) is 3.67. The average molecular weight is 212 g/mol. The minimum atomic E-state index is -1.11. The summed E-state index contributed by atoms with van der Waals surface area (Å²) in [6, 6.07) is 0. The molecule has 0 aromatic heterocycles. The summed E-state index contributed by atoms with van der Waals surface area (Å²) in [6.07, 6.45) is -1.74. The van der Waals surface area contributed by atoms with Gasteiger partial charge in [0, 0.05) is 5.34 Å². The Morgan fingerprint density at radius 1 is 1.50 bits per heavy atom. The van der Waals surface area contributed by atoms with Crippen LogP contribution in [0.3, 0.4) is 0 Å². The van der Waals surface area contributed by atoms with E-state index < -0.39 is 12.6 Å². The topological polar surface area (TPSA) is 156 Å². The van der Waals surface area contributed by atoms with E-state index in [9.17, 15) is 0 Å². The molecule has 0 saturated carbocycles. The Hall–Kier alpha value is -0.400.